The normalized spacial score (nSPS) is 10.3. The molecule has 0 fully saturated rings. The summed E-state index contributed by atoms with van der Waals surface area (Å²) in [6.07, 6.45) is 0.443. The molecule has 0 unspecified atom stereocenters. The van der Waals surface area contributed by atoms with Crippen LogP contribution in [-0.4, -0.2) is 31.2 Å². The molecule has 6 heteroatoms. The van der Waals surface area contributed by atoms with Crippen molar-refractivity contribution in [3.8, 4) is 6.07 Å². The quantitative estimate of drug-likeness (QED) is 0.750. The zero-order valence-electron chi connectivity index (χ0n) is 11.8. The van der Waals surface area contributed by atoms with Gasteiger partial charge in [-0.25, -0.2) is 9.78 Å². The predicted molar refractivity (Wildman–Crippen MR) is 75.5 cm³/mol. The average molecular weight is 281 g/mol. The molecule has 0 bridgehead atoms. The van der Waals surface area contributed by atoms with E-state index in [1.54, 1.807) is 6.92 Å². The number of hydrogen-bond donors (Lipinski definition) is 0. The van der Waals surface area contributed by atoms with E-state index in [9.17, 15) is 4.79 Å². The van der Waals surface area contributed by atoms with Crippen LogP contribution in [0.1, 0.15) is 35.6 Å². The number of carbonyl (C=O) groups is 1. The zero-order valence-corrected chi connectivity index (χ0v) is 12.6. The third-order valence-corrected chi connectivity index (χ3v) is 3.70. The first kappa shape index (κ1) is 15.4. The molecule has 104 valence electrons. The molecule has 0 saturated heterocycles. The van der Waals surface area contributed by atoms with Crippen LogP contribution in [0.2, 0.25) is 0 Å². The second-order valence-electron chi connectivity index (χ2n) is 4.65. The van der Waals surface area contributed by atoms with Crippen molar-refractivity contribution in [2.45, 2.75) is 27.2 Å². The standard InChI is InChI=1S/C13H19N3O2S/c1-9(2)8-16(7-5-6-14)13-15-10(3)11(19-13)12(17)18-4/h9H,5,7-8H2,1-4H3. The van der Waals surface area contributed by atoms with Gasteiger partial charge in [0.1, 0.15) is 4.88 Å². The summed E-state index contributed by atoms with van der Waals surface area (Å²) in [5, 5.41) is 9.49. The Hall–Kier alpha value is -1.61. The lowest BCUT2D eigenvalue weighted by atomic mass is 10.2. The van der Waals surface area contributed by atoms with E-state index < -0.39 is 0 Å². The van der Waals surface area contributed by atoms with Crippen molar-refractivity contribution in [1.29, 1.82) is 5.26 Å². The Morgan fingerprint density at radius 2 is 2.26 bits per heavy atom. The molecule has 5 nitrogen and oxygen atoms in total. The summed E-state index contributed by atoms with van der Waals surface area (Å²) in [5.74, 6) is 0.107. The van der Waals surface area contributed by atoms with E-state index in [0.717, 1.165) is 11.7 Å². The van der Waals surface area contributed by atoms with Gasteiger partial charge in [-0.3, -0.25) is 0 Å². The molecule has 0 saturated carbocycles. The van der Waals surface area contributed by atoms with Crippen LogP contribution in [-0.2, 0) is 4.74 Å². The van der Waals surface area contributed by atoms with E-state index in [4.69, 9.17) is 10.00 Å². The minimum absolute atomic E-state index is 0.356. The summed E-state index contributed by atoms with van der Waals surface area (Å²) >= 11 is 1.32. The van der Waals surface area contributed by atoms with Crippen molar-refractivity contribution in [2.75, 3.05) is 25.1 Å². The number of nitriles is 1. The number of aromatic nitrogens is 1. The molecule has 0 amide bonds. The topological polar surface area (TPSA) is 66.2 Å². The number of nitrogens with zero attached hydrogens (tertiary/aromatic N) is 3. The highest BCUT2D eigenvalue weighted by Crippen LogP contribution is 2.27. The van der Waals surface area contributed by atoms with E-state index >= 15 is 0 Å². The van der Waals surface area contributed by atoms with E-state index in [1.165, 1.54) is 18.4 Å². The summed E-state index contributed by atoms with van der Waals surface area (Å²) in [5.41, 5.74) is 0.678. The molecule has 0 radical (unpaired) electrons. The Morgan fingerprint density at radius 3 is 2.79 bits per heavy atom. The zero-order chi connectivity index (χ0) is 14.4. The van der Waals surface area contributed by atoms with Gasteiger partial charge in [-0.05, 0) is 12.8 Å². The molecule has 0 N–H and O–H groups in total. The fraction of sp³-hybridized carbons (Fsp3) is 0.615. The number of anilines is 1. The maximum atomic E-state index is 11.6. The van der Waals surface area contributed by atoms with Gasteiger partial charge in [0.15, 0.2) is 5.13 Å². The lowest BCUT2D eigenvalue weighted by Crippen LogP contribution is -2.28. The van der Waals surface area contributed by atoms with Crippen LogP contribution >= 0.6 is 11.3 Å². The van der Waals surface area contributed by atoms with Crippen LogP contribution in [0.15, 0.2) is 0 Å². The first-order chi connectivity index (χ1) is 8.99. The van der Waals surface area contributed by atoms with Crippen molar-refractivity contribution in [3.05, 3.63) is 10.6 Å². The number of aryl methyl sites for hydroxylation is 1. The molecule has 0 aromatic carbocycles. The highest BCUT2D eigenvalue weighted by Gasteiger charge is 2.19. The Labute approximate surface area is 117 Å². The highest BCUT2D eigenvalue weighted by molar-refractivity contribution is 7.17. The lowest BCUT2D eigenvalue weighted by Gasteiger charge is -2.22. The van der Waals surface area contributed by atoms with Crippen molar-refractivity contribution < 1.29 is 9.53 Å². The molecule has 19 heavy (non-hydrogen) atoms. The summed E-state index contributed by atoms with van der Waals surface area (Å²) in [7, 11) is 1.36. The predicted octanol–water partition coefficient (Wildman–Crippen LogP) is 2.61. The summed E-state index contributed by atoms with van der Waals surface area (Å²) < 4.78 is 4.73. The average Bonchev–Trinajstić information content (AvgIpc) is 2.75. The molecule has 1 rings (SSSR count). The number of carbonyl (C=O) groups excluding carboxylic acids is 1. The number of methoxy groups -OCH3 is 1. The van der Waals surface area contributed by atoms with Gasteiger partial charge in [-0.1, -0.05) is 25.2 Å². The van der Waals surface area contributed by atoms with Crippen molar-refractivity contribution in [1.82, 2.24) is 4.98 Å². The second-order valence-corrected chi connectivity index (χ2v) is 5.63. The third kappa shape index (κ3) is 4.21. The van der Waals surface area contributed by atoms with Gasteiger partial charge in [0, 0.05) is 13.1 Å². The van der Waals surface area contributed by atoms with Gasteiger partial charge in [-0.15, -0.1) is 0 Å². The van der Waals surface area contributed by atoms with Crippen LogP contribution < -0.4 is 4.90 Å². The Kier molecular flexibility index (Phi) is 5.77. The second kappa shape index (κ2) is 7.10. The lowest BCUT2D eigenvalue weighted by molar-refractivity contribution is 0.0605. The molecule has 0 atom stereocenters. The SMILES string of the molecule is COC(=O)c1sc(N(CCC#N)CC(C)C)nc1C. The Bertz CT molecular complexity index is 477. The summed E-state index contributed by atoms with van der Waals surface area (Å²) in [4.78, 5) is 18.6. The smallest absolute Gasteiger partial charge is 0.350 e. The fourth-order valence-corrected chi connectivity index (χ4v) is 2.71. The molecular weight excluding hydrogens is 262 g/mol. The van der Waals surface area contributed by atoms with E-state index in [1.807, 2.05) is 0 Å². The Morgan fingerprint density at radius 1 is 1.58 bits per heavy atom. The van der Waals surface area contributed by atoms with Crippen LogP contribution in [0.5, 0.6) is 0 Å². The summed E-state index contributed by atoms with van der Waals surface area (Å²) in [6, 6.07) is 2.14. The van der Waals surface area contributed by atoms with Gasteiger partial charge in [0.2, 0.25) is 0 Å². The molecule has 1 aromatic rings. The molecule has 0 aliphatic heterocycles. The molecule has 1 heterocycles. The first-order valence-corrected chi connectivity index (χ1v) is 6.98. The minimum Gasteiger partial charge on any atom is -0.465 e. The minimum atomic E-state index is -0.356. The van der Waals surface area contributed by atoms with Crippen LogP contribution in [0.25, 0.3) is 0 Å². The molecule has 0 aliphatic rings. The Balaban J connectivity index is 2.96. The fourth-order valence-electron chi connectivity index (χ4n) is 1.69. The largest absolute Gasteiger partial charge is 0.465 e. The van der Waals surface area contributed by atoms with Gasteiger partial charge in [0.05, 0.1) is 25.3 Å². The van der Waals surface area contributed by atoms with Crippen LogP contribution in [0, 0.1) is 24.2 Å². The van der Waals surface area contributed by atoms with Crippen LogP contribution in [0.3, 0.4) is 0 Å². The van der Waals surface area contributed by atoms with Crippen LogP contribution in [0.4, 0.5) is 5.13 Å². The monoisotopic (exact) mass is 281 g/mol. The van der Waals surface area contributed by atoms with Crippen molar-refractivity contribution in [3.63, 3.8) is 0 Å². The molecule has 0 aliphatic carbocycles. The van der Waals surface area contributed by atoms with Crippen molar-refractivity contribution >= 4 is 22.4 Å². The van der Waals surface area contributed by atoms with Gasteiger partial charge in [0.25, 0.3) is 0 Å². The maximum Gasteiger partial charge on any atom is 0.350 e. The van der Waals surface area contributed by atoms with E-state index in [2.05, 4.69) is 29.8 Å². The molecule has 1 aromatic heterocycles. The van der Waals surface area contributed by atoms with Gasteiger partial charge < -0.3 is 9.64 Å². The van der Waals surface area contributed by atoms with Gasteiger partial charge >= 0.3 is 5.97 Å². The number of esters is 1. The van der Waals surface area contributed by atoms with Gasteiger partial charge in [-0.2, -0.15) is 5.26 Å². The number of hydrogen-bond acceptors (Lipinski definition) is 6. The first-order valence-electron chi connectivity index (χ1n) is 6.17. The number of ether oxygens (including phenoxy) is 1. The molecule has 0 spiro atoms. The highest BCUT2D eigenvalue weighted by atomic mass is 32.1. The third-order valence-electron chi connectivity index (χ3n) is 2.51. The van der Waals surface area contributed by atoms with E-state index in [-0.39, 0.29) is 5.97 Å². The summed E-state index contributed by atoms with van der Waals surface area (Å²) in [6.45, 7) is 7.46. The number of rotatable bonds is 6. The molecular formula is C13H19N3O2S. The number of thiazole rings is 1. The van der Waals surface area contributed by atoms with Crippen molar-refractivity contribution in [2.24, 2.45) is 5.92 Å². The maximum absolute atomic E-state index is 11.6. The van der Waals surface area contributed by atoms with E-state index in [0.29, 0.717) is 29.5 Å².